The van der Waals surface area contributed by atoms with Crippen molar-refractivity contribution < 1.29 is 70.5 Å². The molecule has 0 aliphatic heterocycles. The number of carbonyl (C=O) groups is 2. The molecule has 0 unspecified atom stereocenters. The van der Waals surface area contributed by atoms with Gasteiger partial charge in [0.05, 0.1) is 6.26 Å². The maximum atomic E-state index is 10.5. The van der Waals surface area contributed by atoms with Gasteiger partial charge in [-0.1, -0.05) is 0 Å². The van der Waals surface area contributed by atoms with Crippen molar-refractivity contribution in [2.45, 2.75) is 0 Å². The maximum absolute atomic E-state index is 10.5. The number of carboxylic acid groups (broad SMARTS) is 1. The molecule has 0 aromatic carbocycles. The molecule has 13 heavy (non-hydrogen) atoms. The second-order valence-corrected chi connectivity index (χ2v) is 2.02. The largest absolute Gasteiger partial charge is 1.00 e. The van der Waals surface area contributed by atoms with Crippen LogP contribution in [-0.2, 0) is 9.59 Å². The van der Waals surface area contributed by atoms with Gasteiger partial charge in [-0.05, 0) is 24.3 Å². The van der Waals surface area contributed by atoms with Gasteiger partial charge in [0, 0.05) is 0 Å². The zero-order valence-corrected chi connectivity index (χ0v) is 10.2. The average Bonchev–Trinajstić information content (AvgIpc) is 2.51. The Morgan fingerprint density at radius 1 is 1.46 bits per heavy atom. The van der Waals surface area contributed by atoms with Crippen LogP contribution in [0, 0.1) is 0 Å². The summed E-state index contributed by atoms with van der Waals surface area (Å²) in [5.41, 5.74) is 0. The molecular formula is C8H6KO4+. The van der Waals surface area contributed by atoms with Crippen LogP contribution in [0.1, 0.15) is 5.76 Å². The molecule has 1 aromatic heterocycles. The van der Waals surface area contributed by atoms with Crippen molar-refractivity contribution in [3.8, 4) is 0 Å². The van der Waals surface area contributed by atoms with Crippen molar-refractivity contribution in [2.24, 2.45) is 0 Å². The molecule has 0 atom stereocenters. The number of carboxylic acids is 1. The fraction of sp³-hybridized carbons (Fsp3) is 0. The number of hydrogen-bond acceptors (Lipinski definition) is 3. The molecule has 62 valence electrons. The Balaban J connectivity index is 0.00000144. The molecule has 1 N–H and O–H groups in total. The van der Waals surface area contributed by atoms with E-state index < -0.39 is 11.8 Å². The molecule has 1 heterocycles. The van der Waals surface area contributed by atoms with E-state index in [9.17, 15) is 9.59 Å². The predicted molar refractivity (Wildman–Crippen MR) is 40.4 cm³/mol. The van der Waals surface area contributed by atoms with E-state index in [2.05, 4.69) is 0 Å². The minimum atomic E-state index is -1.47. The first kappa shape index (κ1) is 12.8. The van der Waals surface area contributed by atoms with Crippen LogP contribution >= 0.6 is 0 Å². The Labute approximate surface area is 117 Å². The zero-order chi connectivity index (χ0) is 8.97. The van der Waals surface area contributed by atoms with Crippen LogP contribution in [0.4, 0.5) is 0 Å². The van der Waals surface area contributed by atoms with Crippen molar-refractivity contribution >= 4 is 17.8 Å². The fourth-order valence-corrected chi connectivity index (χ4v) is 0.615. The SMILES string of the molecule is O=C(O)C(=O)/C=C\c1ccco1.[K+]. The second-order valence-electron chi connectivity index (χ2n) is 2.02. The molecule has 0 radical (unpaired) electrons. The smallest absolute Gasteiger partial charge is 0.475 e. The van der Waals surface area contributed by atoms with Crippen molar-refractivity contribution in [3.63, 3.8) is 0 Å². The van der Waals surface area contributed by atoms with Gasteiger partial charge in [-0.25, -0.2) is 4.79 Å². The zero-order valence-electron chi connectivity index (χ0n) is 7.06. The topological polar surface area (TPSA) is 67.5 Å². The summed E-state index contributed by atoms with van der Waals surface area (Å²) < 4.78 is 4.83. The number of rotatable bonds is 3. The molecular weight excluding hydrogens is 199 g/mol. The molecule has 1 aromatic rings. The second kappa shape index (κ2) is 6.28. The van der Waals surface area contributed by atoms with Crippen LogP contribution in [0.5, 0.6) is 0 Å². The monoisotopic (exact) mass is 205 g/mol. The van der Waals surface area contributed by atoms with E-state index in [4.69, 9.17) is 9.52 Å². The van der Waals surface area contributed by atoms with Crippen LogP contribution in [0.15, 0.2) is 28.9 Å². The molecule has 4 nitrogen and oxygen atoms in total. The predicted octanol–water partition coefficient (Wildman–Crippen LogP) is -2.05. The first-order chi connectivity index (χ1) is 5.70. The van der Waals surface area contributed by atoms with Gasteiger partial charge in [0.1, 0.15) is 5.76 Å². The maximum Gasteiger partial charge on any atom is 1.00 e. The average molecular weight is 205 g/mol. The van der Waals surface area contributed by atoms with E-state index in [1.807, 2.05) is 0 Å². The third-order valence-corrected chi connectivity index (χ3v) is 1.15. The quantitative estimate of drug-likeness (QED) is 0.350. The normalized spacial score (nSPS) is 9.54. The Morgan fingerprint density at radius 2 is 2.15 bits per heavy atom. The molecule has 0 saturated heterocycles. The summed E-state index contributed by atoms with van der Waals surface area (Å²) in [6, 6.07) is 3.26. The van der Waals surface area contributed by atoms with Crippen LogP contribution < -0.4 is 51.4 Å². The van der Waals surface area contributed by atoms with Crippen molar-refractivity contribution in [2.75, 3.05) is 0 Å². The molecule has 0 aliphatic rings. The van der Waals surface area contributed by atoms with E-state index in [1.54, 1.807) is 12.1 Å². The molecule has 0 spiro atoms. The Bertz CT molecular complexity index is 313. The fourth-order valence-electron chi connectivity index (χ4n) is 0.615. The van der Waals surface area contributed by atoms with Gasteiger partial charge in [-0.15, -0.1) is 0 Å². The van der Waals surface area contributed by atoms with Crippen LogP contribution in [0.3, 0.4) is 0 Å². The standard InChI is InChI=1S/C8H6O4.K/c9-7(8(10)11)4-3-6-2-1-5-12-6;/h1-5H,(H,10,11);/q;+1/b4-3-;. The van der Waals surface area contributed by atoms with Gasteiger partial charge in [0.2, 0.25) is 0 Å². The van der Waals surface area contributed by atoms with E-state index in [-0.39, 0.29) is 51.4 Å². The molecule has 0 saturated carbocycles. The third kappa shape index (κ3) is 4.54. The van der Waals surface area contributed by atoms with E-state index >= 15 is 0 Å². The van der Waals surface area contributed by atoms with Gasteiger partial charge in [0.15, 0.2) is 0 Å². The minimum absolute atomic E-state index is 0. The Kier molecular flexibility index (Phi) is 6.18. The van der Waals surface area contributed by atoms with Crippen molar-refractivity contribution in [1.82, 2.24) is 0 Å². The molecule has 1 rings (SSSR count). The van der Waals surface area contributed by atoms with Crippen molar-refractivity contribution in [1.29, 1.82) is 0 Å². The van der Waals surface area contributed by atoms with Gasteiger partial charge in [0.25, 0.3) is 5.78 Å². The third-order valence-electron chi connectivity index (χ3n) is 1.15. The minimum Gasteiger partial charge on any atom is -0.475 e. The number of ketones is 1. The van der Waals surface area contributed by atoms with Gasteiger partial charge in [-0.2, -0.15) is 0 Å². The summed E-state index contributed by atoms with van der Waals surface area (Å²) in [6.07, 6.45) is 3.68. The van der Waals surface area contributed by atoms with Crippen LogP contribution in [-0.4, -0.2) is 16.9 Å². The Hall–Kier alpha value is -0.204. The molecule has 0 fully saturated rings. The van der Waals surface area contributed by atoms with Gasteiger partial charge >= 0.3 is 57.4 Å². The van der Waals surface area contributed by atoms with Gasteiger partial charge < -0.3 is 9.52 Å². The van der Waals surface area contributed by atoms with Crippen molar-refractivity contribution in [3.05, 3.63) is 30.2 Å². The molecule has 5 heteroatoms. The summed E-state index contributed by atoms with van der Waals surface area (Å²) in [4.78, 5) is 20.5. The Morgan fingerprint density at radius 3 is 2.62 bits per heavy atom. The number of aliphatic carboxylic acids is 1. The molecule has 0 amide bonds. The first-order valence-electron chi connectivity index (χ1n) is 3.19. The summed E-state index contributed by atoms with van der Waals surface area (Å²) >= 11 is 0. The first-order valence-corrected chi connectivity index (χ1v) is 3.19. The van der Waals surface area contributed by atoms with Crippen LogP contribution in [0.2, 0.25) is 0 Å². The number of carbonyl (C=O) groups excluding carboxylic acids is 1. The summed E-state index contributed by atoms with van der Waals surface area (Å²) in [7, 11) is 0. The van der Waals surface area contributed by atoms with E-state index in [1.165, 1.54) is 12.3 Å². The molecule has 0 bridgehead atoms. The number of furan rings is 1. The number of hydrogen-bond donors (Lipinski definition) is 1. The molecule has 0 aliphatic carbocycles. The van der Waals surface area contributed by atoms with Gasteiger partial charge in [-0.3, -0.25) is 4.79 Å². The summed E-state index contributed by atoms with van der Waals surface area (Å²) in [6.45, 7) is 0. The summed E-state index contributed by atoms with van der Waals surface area (Å²) in [5, 5.41) is 8.18. The van der Waals surface area contributed by atoms with E-state index in [0.29, 0.717) is 5.76 Å². The summed E-state index contributed by atoms with van der Waals surface area (Å²) in [5.74, 6) is -1.99. The van der Waals surface area contributed by atoms with E-state index in [0.717, 1.165) is 6.08 Å². The van der Waals surface area contributed by atoms with Crippen LogP contribution in [0.25, 0.3) is 6.08 Å².